The molecule has 0 aliphatic heterocycles. The summed E-state index contributed by atoms with van der Waals surface area (Å²) >= 11 is 0. The summed E-state index contributed by atoms with van der Waals surface area (Å²) in [7, 11) is 1.92. The SMILES string of the molecule is Bc1ncc[nH]1. The second-order valence-corrected chi connectivity index (χ2v) is 1.17. The van der Waals surface area contributed by atoms with Crippen molar-refractivity contribution >= 4 is 13.6 Å². The average Bonchev–Trinajstić information content (AvgIpc) is 1.86. The summed E-state index contributed by atoms with van der Waals surface area (Å²) in [5.41, 5.74) is 0.968. The summed E-state index contributed by atoms with van der Waals surface area (Å²) < 4.78 is 0. The summed E-state index contributed by atoms with van der Waals surface area (Å²) in [5.74, 6) is 0. The fourth-order valence-electron chi connectivity index (χ4n) is 0.344. The van der Waals surface area contributed by atoms with Crippen molar-refractivity contribution in [2.75, 3.05) is 0 Å². The molecule has 0 bridgehead atoms. The molecule has 2 nitrogen and oxygen atoms in total. The van der Waals surface area contributed by atoms with Crippen LogP contribution in [0.2, 0.25) is 0 Å². The van der Waals surface area contributed by atoms with Crippen molar-refractivity contribution in [3.63, 3.8) is 0 Å². The van der Waals surface area contributed by atoms with Crippen LogP contribution in [0.15, 0.2) is 12.4 Å². The van der Waals surface area contributed by atoms with Gasteiger partial charge in [0.15, 0.2) is 7.85 Å². The van der Waals surface area contributed by atoms with Gasteiger partial charge in [0, 0.05) is 12.4 Å². The topological polar surface area (TPSA) is 28.7 Å². The molecule has 6 heavy (non-hydrogen) atoms. The second kappa shape index (κ2) is 1.16. The van der Waals surface area contributed by atoms with Crippen LogP contribution in [0, 0.1) is 0 Å². The highest BCUT2D eigenvalue weighted by Gasteiger charge is 1.74. The van der Waals surface area contributed by atoms with Gasteiger partial charge in [0.2, 0.25) is 0 Å². The van der Waals surface area contributed by atoms with Crippen LogP contribution < -0.4 is 5.72 Å². The van der Waals surface area contributed by atoms with E-state index < -0.39 is 0 Å². The Labute approximate surface area is 37.0 Å². The third kappa shape index (κ3) is 0.430. The zero-order valence-electron chi connectivity index (χ0n) is 3.60. The van der Waals surface area contributed by atoms with Crippen molar-refractivity contribution in [1.29, 1.82) is 0 Å². The minimum atomic E-state index is 0.968. The highest BCUT2D eigenvalue weighted by Crippen LogP contribution is 1.59. The van der Waals surface area contributed by atoms with Crippen LogP contribution in [-0.4, -0.2) is 17.8 Å². The maximum Gasteiger partial charge on any atom is 0.186 e. The van der Waals surface area contributed by atoms with Crippen LogP contribution in [0.3, 0.4) is 0 Å². The zero-order chi connectivity index (χ0) is 4.41. The Kier molecular flexibility index (Phi) is 0.672. The van der Waals surface area contributed by atoms with E-state index in [1.165, 1.54) is 0 Å². The lowest BCUT2D eigenvalue weighted by atomic mass is 10.1. The Bertz CT molecular complexity index is 112. The molecule has 1 aromatic rings. The summed E-state index contributed by atoms with van der Waals surface area (Å²) in [4.78, 5) is 6.75. The molecule has 1 heterocycles. The van der Waals surface area contributed by atoms with Gasteiger partial charge in [-0.15, -0.1) is 0 Å². The van der Waals surface area contributed by atoms with Gasteiger partial charge in [-0.3, -0.25) is 4.98 Å². The Morgan fingerprint density at radius 3 is 2.83 bits per heavy atom. The Morgan fingerprint density at radius 1 is 1.83 bits per heavy atom. The van der Waals surface area contributed by atoms with E-state index in [4.69, 9.17) is 0 Å². The van der Waals surface area contributed by atoms with Gasteiger partial charge >= 0.3 is 0 Å². The van der Waals surface area contributed by atoms with Crippen LogP contribution in [0.5, 0.6) is 0 Å². The first-order chi connectivity index (χ1) is 2.89. The van der Waals surface area contributed by atoms with Crippen molar-refractivity contribution in [3.05, 3.63) is 12.4 Å². The van der Waals surface area contributed by atoms with E-state index in [-0.39, 0.29) is 0 Å². The smallest absolute Gasteiger partial charge is 0.186 e. The molecule has 0 saturated heterocycles. The number of hydrogen-bond acceptors (Lipinski definition) is 1. The number of aromatic amines is 1. The van der Waals surface area contributed by atoms with Gasteiger partial charge in [-0.25, -0.2) is 0 Å². The standard InChI is InChI=1S/C3H5BN2/c4-3-5-1-2-6-3/h1-2H,4H2,(H,5,6). The largest absolute Gasteiger partial charge is 0.357 e. The number of aromatic nitrogens is 2. The molecule has 0 fully saturated rings. The number of imidazole rings is 1. The van der Waals surface area contributed by atoms with Crippen LogP contribution in [0.1, 0.15) is 0 Å². The van der Waals surface area contributed by atoms with Crippen LogP contribution in [0.25, 0.3) is 0 Å². The molecule has 3 heteroatoms. The molecule has 1 aromatic heterocycles. The molecular weight excluding hydrogens is 74.9 g/mol. The van der Waals surface area contributed by atoms with Gasteiger partial charge < -0.3 is 4.98 Å². The maximum absolute atomic E-state index is 3.86. The van der Waals surface area contributed by atoms with Crippen LogP contribution in [0.4, 0.5) is 0 Å². The highest BCUT2D eigenvalue weighted by atomic mass is 14.9. The number of rotatable bonds is 0. The monoisotopic (exact) mass is 80.1 g/mol. The van der Waals surface area contributed by atoms with Crippen molar-refractivity contribution < 1.29 is 0 Å². The number of nitrogens with zero attached hydrogens (tertiary/aromatic N) is 1. The van der Waals surface area contributed by atoms with E-state index >= 15 is 0 Å². The maximum atomic E-state index is 3.86. The fourth-order valence-corrected chi connectivity index (χ4v) is 0.344. The van der Waals surface area contributed by atoms with Crippen molar-refractivity contribution in [2.24, 2.45) is 0 Å². The quantitative estimate of drug-likeness (QED) is 0.384. The molecule has 0 unspecified atom stereocenters. The molecule has 0 aromatic carbocycles. The first-order valence-corrected chi connectivity index (χ1v) is 1.85. The highest BCUT2D eigenvalue weighted by molar-refractivity contribution is 6.28. The van der Waals surface area contributed by atoms with E-state index in [1.807, 2.05) is 7.85 Å². The van der Waals surface area contributed by atoms with Crippen molar-refractivity contribution in [1.82, 2.24) is 9.97 Å². The normalized spacial score (nSPS) is 8.67. The van der Waals surface area contributed by atoms with Crippen molar-refractivity contribution in [2.45, 2.75) is 0 Å². The minimum absolute atomic E-state index is 0.968. The molecule has 0 saturated carbocycles. The zero-order valence-corrected chi connectivity index (χ0v) is 3.60. The summed E-state index contributed by atoms with van der Waals surface area (Å²) in [6.07, 6.45) is 3.53. The lowest BCUT2D eigenvalue weighted by molar-refractivity contribution is 1.41. The molecule has 0 spiro atoms. The van der Waals surface area contributed by atoms with Gasteiger partial charge in [-0.2, -0.15) is 0 Å². The molecule has 0 radical (unpaired) electrons. The molecule has 1 rings (SSSR count). The van der Waals surface area contributed by atoms with Crippen molar-refractivity contribution in [3.8, 4) is 0 Å². The first-order valence-electron chi connectivity index (χ1n) is 1.85. The van der Waals surface area contributed by atoms with E-state index in [0.717, 1.165) is 5.72 Å². The molecule has 0 aliphatic rings. The van der Waals surface area contributed by atoms with E-state index in [0.29, 0.717) is 0 Å². The molecular formula is C3H5BN2. The average molecular weight is 79.9 g/mol. The minimum Gasteiger partial charge on any atom is -0.357 e. The summed E-state index contributed by atoms with van der Waals surface area (Å²) in [5, 5.41) is 0. The Morgan fingerprint density at radius 2 is 2.67 bits per heavy atom. The molecule has 0 atom stereocenters. The van der Waals surface area contributed by atoms with Gasteiger partial charge in [0.05, 0.1) is 5.72 Å². The molecule has 1 N–H and O–H groups in total. The Hall–Kier alpha value is -0.725. The summed E-state index contributed by atoms with van der Waals surface area (Å²) in [6, 6.07) is 0. The van der Waals surface area contributed by atoms with Crippen LogP contribution >= 0.6 is 0 Å². The van der Waals surface area contributed by atoms with Gasteiger partial charge in [0.1, 0.15) is 0 Å². The number of H-pyrrole nitrogens is 1. The third-order valence-electron chi connectivity index (χ3n) is 0.635. The first kappa shape index (κ1) is 3.46. The molecule has 0 amide bonds. The van der Waals surface area contributed by atoms with E-state index in [1.54, 1.807) is 12.4 Å². The Balaban J connectivity index is 3.05. The number of hydrogen-bond donors (Lipinski definition) is 1. The predicted octanol–water partition coefficient (Wildman–Crippen LogP) is -1.33. The number of nitrogens with one attached hydrogen (secondary N) is 1. The van der Waals surface area contributed by atoms with E-state index in [2.05, 4.69) is 9.97 Å². The third-order valence-corrected chi connectivity index (χ3v) is 0.635. The molecule has 0 aliphatic carbocycles. The lowest BCUT2D eigenvalue weighted by Gasteiger charge is -1.68. The lowest BCUT2D eigenvalue weighted by Crippen LogP contribution is -2.04. The fraction of sp³-hybridized carbons (Fsp3) is 0. The van der Waals surface area contributed by atoms with Gasteiger partial charge in [-0.05, 0) is 0 Å². The molecule has 30 valence electrons. The van der Waals surface area contributed by atoms with Crippen LogP contribution in [-0.2, 0) is 0 Å². The predicted molar refractivity (Wildman–Crippen MR) is 26.8 cm³/mol. The van der Waals surface area contributed by atoms with E-state index in [9.17, 15) is 0 Å². The summed E-state index contributed by atoms with van der Waals surface area (Å²) in [6.45, 7) is 0. The van der Waals surface area contributed by atoms with Gasteiger partial charge in [-0.1, -0.05) is 0 Å². The second-order valence-electron chi connectivity index (χ2n) is 1.17. The van der Waals surface area contributed by atoms with Gasteiger partial charge in [0.25, 0.3) is 0 Å².